The highest BCUT2D eigenvalue weighted by molar-refractivity contribution is 7.92. The van der Waals surface area contributed by atoms with E-state index in [1.807, 2.05) is 0 Å². The maximum absolute atomic E-state index is 11.9. The fraction of sp³-hybridized carbons (Fsp3) is 0.385. The summed E-state index contributed by atoms with van der Waals surface area (Å²) >= 11 is 5.93. The van der Waals surface area contributed by atoms with Gasteiger partial charge in [0.2, 0.25) is 0 Å². The first-order valence-electron chi connectivity index (χ1n) is 6.01. The van der Waals surface area contributed by atoms with Crippen LogP contribution in [0.3, 0.4) is 0 Å². The summed E-state index contributed by atoms with van der Waals surface area (Å²) in [5.41, 5.74) is 3.17. The van der Waals surface area contributed by atoms with Gasteiger partial charge < -0.3 is 4.42 Å². The Labute approximate surface area is 123 Å². The summed E-state index contributed by atoms with van der Waals surface area (Å²) in [6.07, 6.45) is 1.18. The molecule has 110 valence electrons. The van der Waals surface area contributed by atoms with Crippen LogP contribution in [0, 0.1) is 0 Å². The third-order valence-electron chi connectivity index (χ3n) is 3.60. The fourth-order valence-corrected chi connectivity index (χ4v) is 2.81. The summed E-state index contributed by atoms with van der Waals surface area (Å²) in [5.74, 6) is 6.00. The number of hydrazine groups is 1. The van der Waals surface area contributed by atoms with Gasteiger partial charge in [0.05, 0.1) is 10.8 Å². The molecule has 5 nitrogen and oxygen atoms in total. The third kappa shape index (κ3) is 2.56. The van der Waals surface area contributed by atoms with E-state index in [4.69, 9.17) is 21.9 Å². The Morgan fingerprint density at radius 3 is 2.55 bits per heavy atom. The van der Waals surface area contributed by atoms with E-state index in [9.17, 15) is 8.42 Å². The van der Waals surface area contributed by atoms with Gasteiger partial charge in [0.15, 0.2) is 9.84 Å². The molecule has 1 heterocycles. The molecule has 0 fully saturated rings. The number of nitrogens with one attached hydrogen (secondary N) is 1. The first-order valence-corrected chi connectivity index (χ1v) is 8.28. The van der Waals surface area contributed by atoms with Crippen LogP contribution in [-0.2, 0) is 9.84 Å². The summed E-state index contributed by atoms with van der Waals surface area (Å²) in [5, 5.41) is 1.39. The highest BCUT2D eigenvalue weighted by atomic mass is 35.5. The van der Waals surface area contributed by atoms with Gasteiger partial charge in [-0.15, -0.1) is 0 Å². The molecule has 0 aliphatic rings. The Kier molecular flexibility index (Phi) is 3.85. The van der Waals surface area contributed by atoms with Gasteiger partial charge in [-0.05, 0) is 38.1 Å². The highest BCUT2D eigenvalue weighted by Crippen LogP contribution is 2.35. The molecule has 0 radical (unpaired) electrons. The molecule has 1 aromatic carbocycles. The van der Waals surface area contributed by atoms with Crippen LogP contribution in [0.4, 0.5) is 0 Å². The minimum Gasteiger partial charge on any atom is -0.459 e. The van der Waals surface area contributed by atoms with E-state index in [-0.39, 0.29) is 0 Å². The molecule has 0 aliphatic carbocycles. The van der Waals surface area contributed by atoms with Crippen LogP contribution in [0.15, 0.2) is 28.7 Å². The van der Waals surface area contributed by atoms with E-state index in [1.165, 1.54) is 6.26 Å². The molecule has 1 unspecified atom stereocenters. The molecule has 0 saturated heterocycles. The lowest BCUT2D eigenvalue weighted by Gasteiger charge is -2.30. The molecule has 3 N–H and O–H groups in total. The average Bonchev–Trinajstić information content (AvgIpc) is 2.70. The number of fused-ring (bicyclic) bond motifs is 1. The zero-order chi connectivity index (χ0) is 15.1. The second-order valence-electron chi connectivity index (χ2n) is 5.31. The maximum atomic E-state index is 11.9. The van der Waals surface area contributed by atoms with E-state index in [0.717, 1.165) is 5.39 Å². The second-order valence-corrected chi connectivity index (χ2v) is 8.34. The molecule has 0 amide bonds. The normalized spacial score (nSPS) is 14.7. The molecule has 1 aromatic heterocycles. The second kappa shape index (κ2) is 5.04. The van der Waals surface area contributed by atoms with Crippen LogP contribution < -0.4 is 11.3 Å². The summed E-state index contributed by atoms with van der Waals surface area (Å²) < 4.78 is 28.5. The Balaban J connectivity index is 2.55. The molecule has 20 heavy (non-hydrogen) atoms. The first-order chi connectivity index (χ1) is 9.16. The quantitative estimate of drug-likeness (QED) is 0.668. The van der Waals surface area contributed by atoms with E-state index < -0.39 is 20.6 Å². The predicted octanol–water partition coefficient (Wildman–Crippen LogP) is 2.41. The lowest BCUT2D eigenvalue weighted by atomic mass is 10.0. The molecule has 0 spiro atoms. The molecular weight excluding hydrogens is 300 g/mol. The van der Waals surface area contributed by atoms with Gasteiger partial charge in [0, 0.05) is 16.7 Å². The topological polar surface area (TPSA) is 85.3 Å². The van der Waals surface area contributed by atoms with Crippen LogP contribution in [-0.4, -0.2) is 19.4 Å². The Hall–Kier alpha value is -1.08. The Bertz CT molecular complexity index is 737. The van der Waals surface area contributed by atoms with E-state index in [0.29, 0.717) is 16.4 Å². The minimum absolute atomic E-state index is 0.459. The van der Waals surface area contributed by atoms with Crippen molar-refractivity contribution in [1.82, 2.24) is 5.43 Å². The van der Waals surface area contributed by atoms with E-state index >= 15 is 0 Å². The molecule has 2 aromatic rings. The number of hydrogen-bond donors (Lipinski definition) is 2. The number of hydrogen-bond acceptors (Lipinski definition) is 5. The average molecular weight is 317 g/mol. The van der Waals surface area contributed by atoms with Crippen molar-refractivity contribution in [3.8, 4) is 0 Å². The van der Waals surface area contributed by atoms with Crippen molar-refractivity contribution in [2.45, 2.75) is 24.6 Å². The standard InChI is InChI=1S/C13H17ClN2O3S/c1-13(2,20(3,17)18)12(16-15)11-7-8-6-9(14)4-5-10(8)19-11/h4-7,12,16H,15H2,1-3H3. The lowest BCUT2D eigenvalue weighted by Crippen LogP contribution is -2.47. The molecule has 0 saturated carbocycles. The van der Waals surface area contributed by atoms with Crippen molar-refractivity contribution in [3.05, 3.63) is 35.0 Å². The molecule has 2 rings (SSSR count). The van der Waals surface area contributed by atoms with Crippen molar-refractivity contribution < 1.29 is 12.8 Å². The summed E-state index contributed by atoms with van der Waals surface area (Å²) in [4.78, 5) is 0. The zero-order valence-corrected chi connectivity index (χ0v) is 13.0. The smallest absolute Gasteiger partial charge is 0.154 e. The van der Waals surface area contributed by atoms with Crippen LogP contribution in [0.1, 0.15) is 25.6 Å². The molecule has 0 aliphatic heterocycles. The van der Waals surface area contributed by atoms with Crippen LogP contribution in [0.2, 0.25) is 5.02 Å². The Morgan fingerprint density at radius 1 is 1.35 bits per heavy atom. The van der Waals surface area contributed by atoms with Crippen molar-refractivity contribution in [1.29, 1.82) is 0 Å². The predicted molar refractivity (Wildman–Crippen MR) is 80.2 cm³/mol. The van der Waals surface area contributed by atoms with Gasteiger partial charge in [0.25, 0.3) is 0 Å². The molecular formula is C13H17ClN2O3S. The van der Waals surface area contributed by atoms with Gasteiger partial charge in [-0.25, -0.2) is 13.8 Å². The fourth-order valence-electron chi connectivity index (χ4n) is 2.02. The van der Waals surface area contributed by atoms with Crippen molar-refractivity contribution in [3.63, 3.8) is 0 Å². The number of benzene rings is 1. The van der Waals surface area contributed by atoms with Gasteiger partial charge in [-0.3, -0.25) is 5.84 Å². The lowest BCUT2D eigenvalue weighted by molar-refractivity contribution is 0.366. The SMILES string of the molecule is CC(C)(C(NN)c1cc2cc(Cl)ccc2o1)S(C)(=O)=O. The van der Waals surface area contributed by atoms with Gasteiger partial charge in [-0.2, -0.15) is 0 Å². The van der Waals surface area contributed by atoms with E-state index in [1.54, 1.807) is 38.1 Å². The van der Waals surface area contributed by atoms with Crippen molar-refractivity contribution in [2.75, 3.05) is 6.26 Å². The number of nitrogens with two attached hydrogens (primary N) is 1. The third-order valence-corrected chi connectivity index (χ3v) is 5.98. The maximum Gasteiger partial charge on any atom is 0.154 e. The van der Waals surface area contributed by atoms with Crippen LogP contribution in [0.25, 0.3) is 11.0 Å². The Morgan fingerprint density at radius 2 is 2.00 bits per heavy atom. The highest BCUT2D eigenvalue weighted by Gasteiger charge is 2.41. The molecule has 0 bridgehead atoms. The van der Waals surface area contributed by atoms with Crippen LogP contribution >= 0.6 is 11.6 Å². The summed E-state index contributed by atoms with van der Waals surface area (Å²) in [7, 11) is -3.34. The first kappa shape index (κ1) is 15.3. The van der Waals surface area contributed by atoms with Crippen molar-refractivity contribution >= 4 is 32.4 Å². The summed E-state index contributed by atoms with van der Waals surface area (Å²) in [6, 6.07) is 6.29. The van der Waals surface area contributed by atoms with Gasteiger partial charge in [-0.1, -0.05) is 11.6 Å². The number of sulfone groups is 1. The van der Waals surface area contributed by atoms with Crippen LogP contribution in [0.5, 0.6) is 0 Å². The zero-order valence-electron chi connectivity index (χ0n) is 11.5. The number of furan rings is 1. The van der Waals surface area contributed by atoms with E-state index in [2.05, 4.69) is 5.43 Å². The largest absolute Gasteiger partial charge is 0.459 e. The molecule has 1 atom stereocenters. The van der Waals surface area contributed by atoms with Gasteiger partial charge in [0.1, 0.15) is 11.3 Å². The number of rotatable bonds is 4. The monoisotopic (exact) mass is 316 g/mol. The molecule has 7 heteroatoms. The number of halogens is 1. The van der Waals surface area contributed by atoms with Gasteiger partial charge >= 0.3 is 0 Å². The summed E-state index contributed by atoms with van der Waals surface area (Å²) in [6.45, 7) is 3.21. The van der Waals surface area contributed by atoms with Crippen molar-refractivity contribution in [2.24, 2.45) is 5.84 Å². The minimum atomic E-state index is -3.34.